The Morgan fingerprint density at radius 3 is 2.79 bits per heavy atom. The van der Waals surface area contributed by atoms with E-state index in [-0.39, 0.29) is 23.9 Å². The Hall–Kier alpha value is -3.49. The van der Waals surface area contributed by atoms with E-state index in [1.165, 1.54) is 16.8 Å². The van der Waals surface area contributed by atoms with Crippen LogP contribution in [-0.2, 0) is 19.4 Å². The van der Waals surface area contributed by atoms with Crippen LogP contribution in [0, 0.1) is 12.7 Å². The number of aromatic amines is 1. The molecular formula is C20H21FN6O2. The highest BCUT2D eigenvalue weighted by molar-refractivity contribution is 5.88. The number of aromatic nitrogens is 4. The average Bonchev–Trinajstić information content (AvgIpc) is 3.07. The molecule has 0 saturated heterocycles. The molecule has 2 heterocycles. The number of benzene rings is 1. The normalized spacial score (nSPS) is 13.0. The summed E-state index contributed by atoms with van der Waals surface area (Å²) in [7, 11) is 0. The number of H-pyrrole nitrogens is 1. The van der Waals surface area contributed by atoms with Crippen LogP contribution in [0.5, 0.6) is 0 Å². The van der Waals surface area contributed by atoms with E-state index in [1.807, 2.05) is 0 Å². The molecule has 0 aliphatic heterocycles. The molecule has 9 heteroatoms. The molecule has 3 aromatic rings. The summed E-state index contributed by atoms with van der Waals surface area (Å²) >= 11 is 0. The Labute approximate surface area is 166 Å². The smallest absolute Gasteiger partial charge is 0.320 e. The van der Waals surface area contributed by atoms with Crippen molar-refractivity contribution in [1.82, 2.24) is 25.1 Å². The second kappa shape index (κ2) is 7.86. The number of carbonyl (C=O) groups excluding carboxylic acids is 1. The molecule has 0 atom stereocenters. The van der Waals surface area contributed by atoms with Crippen molar-refractivity contribution >= 4 is 11.8 Å². The third-order valence-electron chi connectivity index (χ3n) is 4.82. The van der Waals surface area contributed by atoms with Gasteiger partial charge in [0.25, 0.3) is 5.56 Å². The number of hydrogen-bond acceptors (Lipinski definition) is 4. The lowest BCUT2D eigenvalue weighted by Gasteiger charge is -2.15. The van der Waals surface area contributed by atoms with Crippen molar-refractivity contribution in [2.24, 2.45) is 0 Å². The lowest BCUT2D eigenvalue weighted by atomic mass is 9.97. The zero-order chi connectivity index (χ0) is 20.4. The van der Waals surface area contributed by atoms with Gasteiger partial charge in [0.2, 0.25) is 5.95 Å². The summed E-state index contributed by atoms with van der Waals surface area (Å²) in [5.41, 5.74) is 2.79. The van der Waals surface area contributed by atoms with Gasteiger partial charge in [-0.2, -0.15) is 9.78 Å². The molecule has 29 heavy (non-hydrogen) atoms. The van der Waals surface area contributed by atoms with Crippen molar-refractivity contribution in [1.29, 1.82) is 0 Å². The van der Waals surface area contributed by atoms with Gasteiger partial charge in [-0.05, 0) is 50.3 Å². The highest BCUT2D eigenvalue weighted by Crippen LogP contribution is 2.19. The number of fused-ring (bicyclic) bond motifs is 1. The first-order valence-electron chi connectivity index (χ1n) is 9.48. The number of hydrogen-bond donors (Lipinski definition) is 3. The van der Waals surface area contributed by atoms with Crippen LogP contribution >= 0.6 is 0 Å². The van der Waals surface area contributed by atoms with Gasteiger partial charge in [-0.15, -0.1) is 0 Å². The van der Waals surface area contributed by atoms with Crippen LogP contribution < -0.4 is 16.2 Å². The van der Waals surface area contributed by atoms with E-state index in [4.69, 9.17) is 0 Å². The van der Waals surface area contributed by atoms with Gasteiger partial charge in [-0.3, -0.25) is 15.1 Å². The maximum atomic E-state index is 13.0. The second-order valence-electron chi connectivity index (χ2n) is 7.04. The number of nitrogens with zero attached hydrogens (tertiary/aromatic N) is 3. The molecule has 0 spiro atoms. The maximum absolute atomic E-state index is 13.0. The van der Waals surface area contributed by atoms with Crippen LogP contribution in [0.1, 0.15) is 35.4 Å². The van der Waals surface area contributed by atoms with Crippen molar-refractivity contribution in [3.8, 4) is 5.95 Å². The Morgan fingerprint density at radius 1 is 1.24 bits per heavy atom. The summed E-state index contributed by atoms with van der Waals surface area (Å²) in [6.07, 6.45) is 3.47. The summed E-state index contributed by atoms with van der Waals surface area (Å²) in [4.78, 5) is 32.1. The summed E-state index contributed by atoms with van der Waals surface area (Å²) in [6.45, 7) is 2.03. The highest BCUT2D eigenvalue weighted by atomic mass is 19.1. The van der Waals surface area contributed by atoms with E-state index in [9.17, 15) is 14.0 Å². The number of carbonyl (C=O) groups is 1. The molecule has 0 fully saturated rings. The number of rotatable bonds is 4. The van der Waals surface area contributed by atoms with Crippen LogP contribution in [0.2, 0.25) is 0 Å². The fourth-order valence-corrected chi connectivity index (χ4v) is 3.39. The number of halogens is 1. The molecule has 4 rings (SSSR count). The first-order valence-corrected chi connectivity index (χ1v) is 9.48. The van der Waals surface area contributed by atoms with E-state index in [0.717, 1.165) is 42.5 Å². The van der Waals surface area contributed by atoms with Crippen molar-refractivity contribution < 1.29 is 9.18 Å². The first-order chi connectivity index (χ1) is 14.0. The topological polar surface area (TPSA) is 105 Å². The minimum absolute atomic E-state index is 0.162. The second-order valence-corrected chi connectivity index (χ2v) is 7.04. The molecule has 3 N–H and O–H groups in total. The van der Waals surface area contributed by atoms with E-state index in [2.05, 4.69) is 25.7 Å². The van der Waals surface area contributed by atoms with Crippen LogP contribution in [0.25, 0.3) is 5.95 Å². The van der Waals surface area contributed by atoms with Gasteiger partial charge in [0.1, 0.15) is 11.6 Å². The van der Waals surface area contributed by atoms with Gasteiger partial charge in [0.15, 0.2) is 0 Å². The van der Waals surface area contributed by atoms with Gasteiger partial charge < -0.3 is 5.32 Å². The number of amides is 2. The Balaban J connectivity index is 1.52. The van der Waals surface area contributed by atoms with Crippen molar-refractivity contribution in [3.05, 3.63) is 69.0 Å². The number of urea groups is 1. The monoisotopic (exact) mass is 396 g/mol. The van der Waals surface area contributed by atoms with Gasteiger partial charge in [0, 0.05) is 18.2 Å². The summed E-state index contributed by atoms with van der Waals surface area (Å²) in [5.74, 6) is 0.333. The molecule has 0 saturated carbocycles. The third kappa shape index (κ3) is 4.18. The Bertz CT molecular complexity index is 1100. The SMILES string of the molecule is Cc1cc(NC(=O)NCc2ccc(F)cc2)n(-c2nc3c(c(=O)[nH]2)CCCC3)n1. The van der Waals surface area contributed by atoms with Crippen LogP contribution in [-0.4, -0.2) is 25.8 Å². The molecule has 0 bridgehead atoms. The zero-order valence-electron chi connectivity index (χ0n) is 16.0. The maximum Gasteiger partial charge on any atom is 0.320 e. The number of nitrogens with one attached hydrogen (secondary N) is 3. The van der Waals surface area contributed by atoms with Crippen molar-refractivity contribution in [2.75, 3.05) is 5.32 Å². The highest BCUT2D eigenvalue weighted by Gasteiger charge is 2.18. The number of aryl methyl sites for hydroxylation is 2. The van der Waals surface area contributed by atoms with Crippen molar-refractivity contribution in [3.63, 3.8) is 0 Å². The predicted octanol–water partition coefficient (Wildman–Crippen LogP) is 2.60. The summed E-state index contributed by atoms with van der Waals surface area (Å²) in [6, 6.07) is 7.13. The van der Waals surface area contributed by atoms with Gasteiger partial charge >= 0.3 is 6.03 Å². The number of anilines is 1. The van der Waals surface area contributed by atoms with E-state index < -0.39 is 6.03 Å². The van der Waals surface area contributed by atoms with Gasteiger partial charge in [-0.25, -0.2) is 14.2 Å². The quantitative estimate of drug-likeness (QED) is 0.630. The van der Waals surface area contributed by atoms with E-state index in [1.54, 1.807) is 25.1 Å². The van der Waals surface area contributed by atoms with Crippen molar-refractivity contribution in [2.45, 2.75) is 39.2 Å². The van der Waals surface area contributed by atoms with Crippen LogP contribution in [0.3, 0.4) is 0 Å². The van der Waals surface area contributed by atoms with E-state index >= 15 is 0 Å². The Kier molecular flexibility index (Phi) is 5.11. The molecule has 1 aliphatic rings. The predicted molar refractivity (Wildman–Crippen MR) is 106 cm³/mol. The molecule has 2 amide bonds. The Morgan fingerprint density at radius 2 is 2.00 bits per heavy atom. The fraction of sp³-hybridized carbons (Fsp3) is 0.300. The summed E-state index contributed by atoms with van der Waals surface area (Å²) in [5, 5.41) is 9.79. The molecule has 1 aliphatic carbocycles. The molecule has 0 unspecified atom stereocenters. The fourth-order valence-electron chi connectivity index (χ4n) is 3.39. The summed E-state index contributed by atoms with van der Waals surface area (Å²) < 4.78 is 14.4. The van der Waals surface area contributed by atoms with Gasteiger partial charge in [-0.1, -0.05) is 12.1 Å². The van der Waals surface area contributed by atoms with Gasteiger partial charge in [0.05, 0.1) is 11.4 Å². The first kappa shape index (κ1) is 18.9. The minimum Gasteiger partial charge on any atom is -0.334 e. The lowest BCUT2D eigenvalue weighted by molar-refractivity contribution is 0.251. The lowest BCUT2D eigenvalue weighted by Crippen LogP contribution is -2.30. The molecular weight excluding hydrogens is 375 g/mol. The third-order valence-corrected chi connectivity index (χ3v) is 4.82. The van der Waals surface area contributed by atoms with Crippen LogP contribution in [0.15, 0.2) is 35.1 Å². The molecule has 0 radical (unpaired) electrons. The van der Waals surface area contributed by atoms with E-state index in [0.29, 0.717) is 11.5 Å². The zero-order valence-corrected chi connectivity index (χ0v) is 16.0. The largest absolute Gasteiger partial charge is 0.334 e. The minimum atomic E-state index is -0.448. The average molecular weight is 396 g/mol. The molecule has 2 aromatic heterocycles. The standard InChI is InChI=1S/C20H21FN6O2/c1-12-10-17(24-20(29)22-11-13-6-8-14(21)9-7-13)27(26-12)19-23-16-5-3-2-4-15(16)18(28)25-19/h6-10H,2-5,11H2,1H3,(H2,22,24,29)(H,23,25,28). The molecule has 8 nitrogen and oxygen atoms in total. The molecule has 150 valence electrons. The molecule has 1 aromatic carbocycles. The van der Waals surface area contributed by atoms with Crippen LogP contribution in [0.4, 0.5) is 15.0 Å².